The van der Waals surface area contributed by atoms with Crippen molar-refractivity contribution in [3.05, 3.63) is 118 Å². The fourth-order valence-corrected chi connectivity index (χ4v) is 5.66. The quantitative estimate of drug-likeness (QED) is 0.210. The number of halogens is 2. The van der Waals surface area contributed by atoms with Crippen LogP contribution in [-0.2, 0) is 6.61 Å². The lowest BCUT2D eigenvalue weighted by Crippen LogP contribution is -2.39. The van der Waals surface area contributed by atoms with E-state index in [1.165, 1.54) is 12.1 Å². The molecule has 0 spiro atoms. The minimum atomic E-state index is -0.756. The molecular formula is C33H34ClFN4O2. The molecule has 5 rings (SSSR count). The van der Waals surface area contributed by atoms with E-state index in [0.29, 0.717) is 28.9 Å². The van der Waals surface area contributed by atoms with Crippen LogP contribution in [0.15, 0.2) is 85.1 Å². The van der Waals surface area contributed by atoms with E-state index in [1.54, 1.807) is 24.4 Å². The van der Waals surface area contributed by atoms with Crippen LogP contribution in [0.25, 0.3) is 11.1 Å². The van der Waals surface area contributed by atoms with E-state index in [4.69, 9.17) is 27.8 Å². The first kappa shape index (κ1) is 28.7. The molecule has 0 aliphatic heterocycles. The van der Waals surface area contributed by atoms with Crippen molar-refractivity contribution in [3.63, 3.8) is 0 Å². The van der Waals surface area contributed by atoms with Gasteiger partial charge in [-0.2, -0.15) is 0 Å². The lowest BCUT2D eigenvalue weighted by Gasteiger charge is -2.29. The Balaban J connectivity index is 1.51. The highest BCUT2D eigenvalue weighted by Gasteiger charge is 2.25. The molecule has 0 saturated heterocycles. The minimum Gasteiger partial charge on any atom is -0.484 e. The van der Waals surface area contributed by atoms with Crippen LogP contribution < -0.4 is 21.5 Å². The lowest BCUT2D eigenvalue weighted by molar-refractivity contribution is 0.100. The van der Waals surface area contributed by atoms with Crippen LogP contribution in [0.5, 0.6) is 5.75 Å². The average molecular weight is 573 g/mol. The van der Waals surface area contributed by atoms with E-state index in [1.807, 2.05) is 36.4 Å². The number of hydrogen-bond donors (Lipinski definition) is 3. The third kappa shape index (κ3) is 6.93. The zero-order valence-corrected chi connectivity index (χ0v) is 23.5. The summed E-state index contributed by atoms with van der Waals surface area (Å²) in [5.74, 6) is -1.52. The number of nitrogens with two attached hydrogens (primary N) is 2. The highest BCUT2D eigenvalue weighted by molar-refractivity contribution is 6.33. The molecule has 0 radical (unpaired) electrons. The second-order valence-corrected chi connectivity index (χ2v) is 10.9. The number of rotatable bonds is 10. The molecular weight excluding hydrogens is 539 g/mol. The number of hydrogen-bond acceptors (Lipinski definition) is 5. The van der Waals surface area contributed by atoms with Crippen LogP contribution in [-0.4, -0.2) is 29.5 Å². The molecule has 41 heavy (non-hydrogen) atoms. The molecule has 8 heteroatoms. The maximum Gasteiger partial charge on any atom is 0.249 e. The van der Waals surface area contributed by atoms with Crippen LogP contribution in [0.4, 0.5) is 4.39 Å². The maximum absolute atomic E-state index is 16.1. The van der Waals surface area contributed by atoms with Crippen molar-refractivity contribution in [1.82, 2.24) is 10.3 Å². The summed E-state index contributed by atoms with van der Waals surface area (Å²) in [6.45, 7) is 0.748. The summed E-state index contributed by atoms with van der Waals surface area (Å²) in [6.07, 6.45) is 5.72. The molecule has 4 aromatic rings. The molecule has 212 valence electrons. The molecule has 6 nitrogen and oxygen atoms in total. The van der Waals surface area contributed by atoms with Crippen molar-refractivity contribution in [2.45, 2.75) is 50.3 Å². The topological polar surface area (TPSA) is 103 Å². The molecule has 1 atom stereocenters. The van der Waals surface area contributed by atoms with Gasteiger partial charge in [0.1, 0.15) is 6.61 Å². The van der Waals surface area contributed by atoms with E-state index in [0.717, 1.165) is 36.8 Å². The van der Waals surface area contributed by atoms with Gasteiger partial charge in [-0.05, 0) is 73.2 Å². The van der Waals surface area contributed by atoms with E-state index < -0.39 is 11.7 Å². The Morgan fingerprint density at radius 3 is 2.46 bits per heavy atom. The second kappa shape index (κ2) is 13.3. The van der Waals surface area contributed by atoms with Gasteiger partial charge in [0.2, 0.25) is 5.91 Å². The molecule has 1 unspecified atom stereocenters. The Kier molecular flexibility index (Phi) is 9.29. The Hall–Kier alpha value is -3.78. The molecule has 0 bridgehead atoms. The van der Waals surface area contributed by atoms with Gasteiger partial charge in [-0.25, -0.2) is 4.39 Å². The maximum atomic E-state index is 16.1. The van der Waals surface area contributed by atoms with Gasteiger partial charge in [-0.1, -0.05) is 54.1 Å². The molecule has 1 fully saturated rings. The summed E-state index contributed by atoms with van der Waals surface area (Å²) in [4.78, 5) is 16.7. The molecule has 1 aromatic heterocycles. The predicted molar refractivity (Wildman–Crippen MR) is 160 cm³/mol. The van der Waals surface area contributed by atoms with Gasteiger partial charge in [0.15, 0.2) is 11.6 Å². The number of carbonyl (C=O) groups excluding carboxylic acids is 1. The van der Waals surface area contributed by atoms with Crippen molar-refractivity contribution in [3.8, 4) is 16.9 Å². The molecule has 1 heterocycles. The first-order chi connectivity index (χ1) is 19.9. The number of benzene rings is 3. The Morgan fingerprint density at radius 1 is 1.00 bits per heavy atom. The highest BCUT2D eigenvalue weighted by atomic mass is 35.5. The normalized spacial score (nSPS) is 17.6. The van der Waals surface area contributed by atoms with Crippen LogP contribution in [0.3, 0.4) is 0 Å². The van der Waals surface area contributed by atoms with Crippen molar-refractivity contribution >= 4 is 17.5 Å². The molecule has 3 aromatic carbocycles. The number of aromatic nitrogens is 1. The number of nitrogens with one attached hydrogen (secondary N) is 1. The summed E-state index contributed by atoms with van der Waals surface area (Å²) in [5.41, 5.74) is 14.9. The van der Waals surface area contributed by atoms with Crippen LogP contribution in [0, 0.1) is 5.82 Å². The smallest absolute Gasteiger partial charge is 0.249 e. The van der Waals surface area contributed by atoms with Crippen LogP contribution >= 0.6 is 11.6 Å². The van der Waals surface area contributed by atoms with Gasteiger partial charge >= 0.3 is 0 Å². The lowest BCUT2D eigenvalue weighted by atomic mass is 9.87. The van der Waals surface area contributed by atoms with Crippen molar-refractivity contribution in [2.75, 3.05) is 6.54 Å². The molecule has 1 aliphatic carbocycles. The number of carbonyl (C=O) groups is 1. The van der Waals surface area contributed by atoms with E-state index in [9.17, 15) is 4.79 Å². The van der Waals surface area contributed by atoms with E-state index in [-0.39, 0.29) is 35.4 Å². The van der Waals surface area contributed by atoms with Gasteiger partial charge in [-0.3, -0.25) is 9.78 Å². The average Bonchev–Trinajstić information content (AvgIpc) is 2.99. The Labute approximate surface area is 244 Å². The van der Waals surface area contributed by atoms with Gasteiger partial charge < -0.3 is 21.5 Å². The van der Waals surface area contributed by atoms with Gasteiger partial charge in [0, 0.05) is 46.9 Å². The fourth-order valence-electron chi connectivity index (χ4n) is 5.44. The minimum absolute atomic E-state index is 0.0175. The Bertz CT molecular complexity index is 1480. The summed E-state index contributed by atoms with van der Waals surface area (Å²) in [6, 6.07) is 24.7. The monoisotopic (exact) mass is 572 g/mol. The summed E-state index contributed by atoms with van der Waals surface area (Å²) in [7, 11) is 0. The van der Waals surface area contributed by atoms with Crippen molar-refractivity contribution in [2.24, 2.45) is 11.5 Å². The largest absolute Gasteiger partial charge is 0.484 e. The highest BCUT2D eigenvalue weighted by Crippen LogP contribution is 2.39. The number of primary amides is 1. The van der Waals surface area contributed by atoms with Gasteiger partial charge in [0.05, 0.1) is 11.3 Å². The zero-order valence-electron chi connectivity index (χ0n) is 22.7. The first-order valence-electron chi connectivity index (χ1n) is 13.9. The summed E-state index contributed by atoms with van der Waals surface area (Å²) in [5, 5.41) is 4.04. The van der Waals surface area contributed by atoms with Crippen molar-refractivity contribution in [1.29, 1.82) is 0 Å². The van der Waals surface area contributed by atoms with E-state index in [2.05, 4.69) is 22.4 Å². The van der Waals surface area contributed by atoms with Gasteiger partial charge in [0.25, 0.3) is 0 Å². The summed E-state index contributed by atoms with van der Waals surface area (Å²) >= 11 is 6.67. The predicted octanol–water partition coefficient (Wildman–Crippen LogP) is 6.21. The first-order valence-corrected chi connectivity index (χ1v) is 14.3. The second-order valence-electron chi connectivity index (χ2n) is 10.5. The molecule has 1 saturated carbocycles. The Morgan fingerprint density at radius 2 is 1.76 bits per heavy atom. The van der Waals surface area contributed by atoms with Crippen LogP contribution in [0.1, 0.15) is 58.8 Å². The standard InChI is InChI=1S/C33H34ClFN4O2/c34-29-15-9-22(28(21-6-2-1-3-7-21)19-39-24-12-10-23(36)11-13-24)18-27(29)31-26(33(37)40)14-16-30(32(31)35)41-20-25-8-4-5-17-38-25/h1-9,14-18,23-24,28,39H,10-13,19-20,36H2,(H2,37,40). The molecule has 1 aliphatic rings. The zero-order chi connectivity index (χ0) is 28.8. The fraction of sp³-hybridized carbons (Fsp3) is 0.273. The third-order valence-corrected chi connectivity index (χ3v) is 8.05. The number of amides is 1. The summed E-state index contributed by atoms with van der Waals surface area (Å²) < 4.78 is 21.9. The third-order valence-electron chi connectivity index (χ3n) is 7.72. The number of pyridine rings is 1. The number of ether oxygens (including phenoxy) is 1. The SMILES string of the molecule is NC(=O)c1ccc(OCc2ccccn2)c(F)c1-c1cc(C(CNC2CCC(N)CC2)c2ccccc2)ccc1Cl. The molecule has 1 amide bonds. The van der Waals surface area contributed by atoms with Crippen molar-refractivity contribution < 1.29 is 13.9 Å². The number of nitrogens with zero attached hydrogens (tertiary/aromatic N) is 1. The van der Waals surface area contributed by atoms with Gasteiger partial charge in [-0.15, -0.1) is 0 Å². The van der Waals surface area contributed by atoms with Crippen LogP contribution in [0.2, 0.25) is 5.02 Å². The molecule has 5 N–H and O–H groups in total. The van der Waals surface area contributed by atoms with E-state index >= 15 is 4.39 Å².